The number of carbonyl (C=O) groups is 2. The van der Waals surface area contributed by atoms with Crippen LogP contribution in [0.15, 0.2) is 48.9 Å². The number of benzene rings is 1. The van der Waals surface area contributed by atoms with E-state index >= 15 is 0 Å². The van der Waals surface area contributed by atoms with Gasteiger partial charge in [0, 0.05) is 42.5 Å². The van der Waals surface area contributed by atoms with E-state index in [1.165, 1.54) is 30.4 Å². The van der Waals surface area contributed by atoms with E-state index in [4.69, 9.17) is 14.5 Å². The summed E-state index contributed by atoms with van der Waals surface area (Å²) in [4.78, 5) is 34.3. The van der Waals surface area contributed by atoms with Crippen molar-refractivity contribution >= 4 is 17.8 Å². The summed E-state index contributed by atoms with van der Waals surface area (Å²) < 4.78 is 13.4. The zero-order valence-corrected chi connectivity index (χ0v) is 31.2. The van der Waals surface area contributed by atoms with Crippen molar-refractivity contribution in [3.63, 3.8) is 0 Å². The molecule has 2 amide bonds. The molecular formula is C42H57N5O4. The molecule has 2 aromatic heterocycles. The number of anilines is 1. The van der Waals surface area contributed by atoms with Gasteiger partial charge in [0.25, 0.3) is 0 Å². The number of ether oxygens (including phenoxy) is 2. The number of fused-ring (bicyclic) bond motifs is 3. The molecule has 0 aliphatic heterocycles. The summed E-state index contributed by atoms with van der Waals surface area (Å²) in [5, 5.41) is 7.66. The van der Waals surface area contributed by atoms with Crippen LogP contribution >= 0.6 is 0 Å². The first-order valence-corrected chi connectivity index (χ1v) is 19.6. The van der Waals surface area contributed by atoms with Crippen LogP contribution in [0.4, 0.5) is 10.6 Å². The molecule has 9 nitrogen and oxygen atoms in total. The highest BCUT2D eigenvalue weighted by atomic mass is 16.6. The van der Waals surface area contributed by atoms with E-state index in [1.54, 1.807) is 7.11 Å². The van der Waals surface area contributed by atoms with Gasteiger partial charge in [0.1, 0.15) is 17.7 Å². The number of pyridine rings is 1. The van der Waals surface area contributed by atoms with Gasteiger partial charge in [0.15, 0.2) is 0 Å². The smallest absolute Gasteiger partial charge is 0.407 e. The van der Waals surface area contributed by atoms with Crippen LogP contribution in [0.3, 0.4) is 0 Å². The maximum absolute atomic E-state index is 14.7. The molecule has 0 atom stereocenters. The molecule has 1 aromatic carbocycles. The predicted octanol–water partition coefficient (Wildman–Crippen LogP) is 9.09. The van der Waals surface area contributed by atoms with Crippen LogP contribution in [0.5, 0.6) is 5.75 Å². The second kappa shape index (κ2) is 15.0. The number of hydrogen-bond acceptors (Lipinski definition) is 6. The van der Waals surface area contributed by atoms with Gasteiger partial charge in [-0.3, -0.25) is 14.4 Å². The standard InChI is InChI=1S/C42H57N5O4/c1-29(2)47-27-33(26-44-47)32-16-23-43-38(25-32)46(39(48)31-10-13-36(14-11-31)51-40(49)45-35-8-6-5-7-9-35)28-41-17-20-42(21-18-41,22-19-41)34-12-15-37(50-4)30(3)24-34/h12,15-16,23-27,29,31,35-36H,5-11,13-14,17-22,28H2,1-4H3,(H,45,49). The quantitative estimate of drug-likeness (QED) is 0.227. The van der Waals surface area contributed by atoms with E-state index in [-0.39, 0.29) is 46.9 Å². The molecule has 274 valence electrons. The number of hydrogen-bond donors (Lipinski definition) is 1. The Hall–Kier alpha value is -3.88. The van der Waals surface area contributed by atoms with Gasteiger partial charge in [-0.2, -0.15) is 5.10 Å². The number of rotatable bonds is 10. The average Bonchev–Trinajstić information content (AvgIpc) is 3.66. The normalized spacial score (nSPS) is 26.5. The summed E-state index contributed by atoms with van der Waals surface area (Å²) >= 11 is 0. The first-order valence-electron chi connectivity index (χ1n) is 19.6. The fourth-order valence-electron chi connectivity index (χ4n) is 9.51. The summed E-state index contributed by atoms with van der Waals surface area (Å²) in [6.07, 6.45) is 20.5. The first kappa shape index (κ1) is 35.5. The highest BCUT2D eigenvalue weighted by molar-refractivity contribution is 5.95. The van der Waals surface area contributed by atoms with Gasteiger partial charge in [-0.15, -0.1) is 0 Å². The van der Waals surface area contributed by atoms with Crippen LogP contribution in [0.2, 0.25) is 0 Å². The molecule has 0 spiro atoms. The Bertz CT molecular complexity index is 1660. The molecule has 3 aromatic rings. The van der Waals surface area contributed by atoms with E-state index in [1.807, 2.05) is 28.0 Å². The minimum absolute atomic E-state index is 0.0661. The molecule has 5 fully saturated rings. The number of alkyl carbamates (subject to hydrolysis) is 1. The third-order valence-electron chi connectivity index (χ3n) is 12.9. The Labute approximate surface area is 303 Å². The lowest BCUT2D eigenvalue weighted by atomic mass is 9.51. The number of methoxy groups -OCH3 is 1. The molecule has 0 saturated heterocycles. The highest BCUT2D eigenvalue weighted by Gasteiger charge is 2.51. The third-order valence-corrected chi connectivity index (χ3v) is 12.9. The van der Waals surface area contributed by atoms with E-state index in [0.717, 1.165) is 74.1 Å². The van der Waals surface area contributed by atoms with Gasteiger partial charge >= 0.3 is 6.09 Å². The zero-order chi connectivity index (χ0) is 35.6. The zero-order valence-electron chi connectivity index (χ0n) is 31.2. The topological polar surface area (TPSA) is 98.6 Å². The molecule has 0 radical (unpaired) electrons. The Morgan fingerprint density at radius 3 is 2.31 bits per heavy atom. The van der Waals surface area contributed by atoms with Crippen molar-refractivity contribution in [2.45, 2.75) is 141 Å². The Morgan fingerprint density at radius 2 is 1.67 bits per heavy atom. The van der Waals surface area contributed by atoms with Crippen molar-refractivity contribution in [1.29, 1.82) is 0 Å². The lowest BCUT2D eigenvalue weighted by Crippen LogP contribution is -2.52. The molecular weight excluding hydrogens is 638 g/mol. The molecule has 0 unspecified atom stereocenters. The minimum Gasteiger partial charge on any atom is -0.496 e. The van der Waals surface area contributed by atoms with E-state index in [2.05, 4.69) is 61.6 Å². The SMILES string of the molecule is COc1ccc(C23CCC(CN(C(=O)C4CCC(OC(=O)NC5CCCCC5)CC4)c4cc(-c5cnn(C(C)C)c5)ccn4)(CC2)CC3)cc1C. The molecule has 2 bridgehead atoms. The Morgan fingerprint density at radius 1 is 0.941 bits per heavy atom. The van der Waals surface area contributed by atoms with Crippen LogP contribution in [-0.2, 0) is 14.9 Å². The summed E-state index contributed by atoms with van der Waals surface area (Å²) in [5.41, 5.74) is 4.94. The summed E-state index contributed by atoms with van der Waals surface area (Å²) in [7, 11) is 1.74. The van der Waals surface area contributed by atoms with Crippen LogP contribution < -0.4 is 15.0 Å². The molecule has 5 aliphatic rings. The van der Waals surface area contributed by atoms with Gasteiger partial charge in [0.05, 0.1) is 13.3 Å². The number of aryl methyl sites for hydroxylation is 1. The number of aromatic nitrogens is 3. The Balaban J connectivity index is 1.07. The maximum atomic E-state index is 14.7. The lowest BCUT2D eigenvalue weighted by Gasteiger charge is -2.55. The molecule has 9 heteroatoms. The summed E-state index contributed by atoms with van der Waals surface area (Å²) in [6.45, 7) is 7.07. The van der Waals surface area contributed by atoms with Crippen LogP contribution in [0.25, 0.3) is 11.1 Å². The molecule has 8 rings (SSSR count). The molecule has 1 N–H and O–H groups in total. The van der Waals surface area contributed by atoms with E-state index in [0.29, 0.717) is 32.2 Å². The van der Waals surface area contributed by atoms with E-state index in [9.17, 15) is 9.59 Å². The van der Waals surface area contributed by atoms with Crippen molar-refractivity contribution in [1.82, 2.24) is 20.1 Å². The number of nitrogens with zero attached hydrogens (tertiary/aromatic N) is 4. The molecule has 2 heterocycles. The van der Waals surface area contributed by atoms with Gasteiger partial charge in [-0.05, 0) is 144 Å². The van der Waals surface area contributed by atoms with Gasteiger partial charge in [-0.1, -0.05) is 31.4 Å². The first-order chi connectivity index (χ1) is 24.7. The largest absolute Gasteiger partial charge is 0.496 e. The summed E-state index contributed by atoms with van der Waals surface area (Å²) in [6, 6.07) is 11.3. The van der Waals surface area contributed by atoms with Crippen molar-refractivity contribution in [2.75, 3.05) is 18.6 Å². The van der Waals surface area contributed by atoms with Gasteiger partial charge in [-0.25, -0.2) is 9.78 Å². The van der Waals surface area contributed by atoms with Crippen LogP contribution in [-0.4, -0.2) is 52.6 Å². The van der Waals surface area contributed by atoms with Crippen molar-refractivity contribution in [3.8, 4) is 16.9 Å². The van der Waals surface area contributed by atoms with E-state index < -0.39 is 0 Å². The lowest BCUT2D eigenvalue weighted by molar-refractivity contribution is -0.124. The highest BCUT2D eigenvalue weighted by Crippen LogP contribution is 2.58. The van der Waals surface area contributed by atoms with Crippen molar-refractivity contribution in [3.05, 3.63) is 60.0 Å². The van der Waals surface area contributed by atoms with Gasteiger partial charge in [0.2, 0.25) is 5.91 Å². The van der Waals surface area contributed by atoms with Crippen LogP contribution in [0.1, 0.15) is 127 Å². The second-order valence-electron chi connectivity index (χ2n) is 16.5. The number of carbonyl (C=O) groups excluding carboxylic acids is 2. The third kappa shape index (κ3) is 7.68. The predicted molar refractivity (Wildman–Crippen MR) is 200 cm³/mol. The molecule has 5 saturated carbocycles. The van der Waals surface area contributed by atoms with Crippen molar-refractivity contribution < 1.29 is 19.1 Å². The summed E-state index contributed by atoms with van der Waals surface area (Å²) in [5.74, 6) is 1.71. The number of amides is 2. The fourth-order valence-corrected chi connectivity index (χ4v) is 9.51. The number of nitrogens with one attached hydrogen (secondary N) is 1. The minimum atomic E-state index is -0.297. The molecule has 5 aliphatic carbocycles. The molecule has 51 heavy (non-hydrogen) atoms. The van der Waals surface area contributed by atoms with Crippen molar-refractivity contribution in [2.24, 2.45) is 11.3 Å². The second-order valence-corrected chi connectivity index (χ2v) is 16.5. The average molecular weight is 696 g/mol. The van der Waals surface area contributed by atoms with Crippen LogP contribution in [0, 0.1) is 18.3 Å². The van der Waals surface area contributed by atoms with Gasteiger partial charge < -0.3 is 14.8 Å². The fraction of sp³-hybridized carbons (Fsp3) is 0.619. The Kier molecular flexibility index (Phi) is 10.4. The maximum Gasteiger partial charge on any atom is 0.407 e. The monoisotopic (exact) mass is 695 g/mol.